The van der Waals surface area contributed by atoms with Gasteiger partial charge in [0.1, 0.15) is 17.5 Å². The summed E-state index contributed by atoms with van der Waals surface area (Å²) >= 11 is 0. The highest BCUT2D eigenvalue weighted by molar-refractivity contribution is 5.71. The average molecular weight is 262 g/mol. The summed E-state index contributed by atoms with van der Waals surface area (Å²) < 4.78 is 0. The van der Waals surface area contributed by atoms with Gasteiger partial charge in [0, 0.05) is 18.7 Å². The van der Waals surface area contributed by atoms with Crippen LogP contribution in [-0.4, -0.2) is 33.6 Å². The molecule has 0 saturated heterocycles. The minimum absolute atomic E-state index is 0.183. The fourth-order valence-corrected chi connectivity index (χ4v) is 2.06. The van der Waals surface area contributed by atoms with Crippen LogP contribution in [0.5, 0.6) is 0 Å². The number of carbonyl (C=O) groups is 1. The van der Waals surface area contributed by atoms with Crippen molar-refractivity contribution in [3.63, 3.8) is 0 Å². The number of carboxylic acids is 1. The molecule has 0 spiro atoms. The Balaban J connectivity index is 1.95. The van der Waals surface area contributed by atoms with Gasteiger partial charge in [-0.3, -0.25) is 4.79 Å². The van der Waals surface area contributed by atoms with Crippen LogP contribution in [0.2, 0.25) is 0 Å². The number of aromatic nitrogens is 2. The van der Waals surface area contributed by atoms with Crippen molar-refractivity contribution in [2.24, 2.45) is 5.92 Å². The third-order valence-electron chi connectivity index (χ3n) is 3.10. The Hall–Kier alpha value is -2.11. The van der Waals surface area contributed by atoms with Crippen LogP contribution >= 0.6 is 0 Å². The molecule has 0 atom stereocenters. The summed E-state index contributed by atoms with van der Waals surface area (Å²) in [4.78, 5) is 19.3. The molecular weight excluding hydrogens is 244 g/mol. The number of hydrogen-bond donors (Lipinski definition) is 3. The number of carboxylic acid groups (broad SMARTS) is 1. The van der Waals surface area contributed by atoms with Crippen LogP contribution in [0.15, 0.2) is 18.7 Å². The van der Waals surface area contributed by atoms with Gasteiger partial charge in [-0.15, -0.1) is 6.58 Å². The maximum atomic E-state index is 10.7. The molecule has 1 heterocycles. The molecule has 1 aliphatic rings. The number of aryl methyl sites for hydroxylation is 1. The van der Waals surface area contributed by atoms with Crippen LogP contribution in [-0.2, 0) is 4.79 Å². The van der Waals surface area contributed by atoms with Crippen LogP contribution in [0.25, 0.3) is 0 Å². The molecule has 3 N–H and O–H groups in total. The summed E-state index contributed by atoms with van der Waals surface area (Å²) in [6, 6.07) is 2.01. The quantitative estimate of drug-likeness (QED) is 0.676. The molecule has 19 heavy (non-hydrogen) atoms. The van der Waals surface area contributed by atoms with E-state index in [1.165, 1.54) is 0 Å². The molecule has 1 aliphatic carbocycles. The predicted molar refractivity (Wildman–Crippen MR) is 73.2 cm³/mol. The summed E-state index contributed by atoms with van der Waals surface area (Å²) in [6.45, 7) is 6.10. The zero-order valence-electron chi connectivity index (χ0n) is 10.9. The van der Waals surface area contributed by atoms with E-state index < -0.39 is 5.97 Å². The van der Waals surface area contributed by atoms with Crippen LogP contribution in [0, 0.1) is 12.8 Å². The molecule has 1 saturated carbocycles. The zero-order chi connectivity index (χ0) is 13.8. The molecular formula is C13H18N4O2. The van der Waals surface area contributed by atoms with Crippen molar-refractivity contribution in [2.45, 2.75) is 25.8 Å². The Morgan fingerprint density at radius 3 is 2.84 bits per heavy atom. The fourth-order valence-electron chi connectivity index (χ4n) is 2.06. The molecule has 1 aromatic heterocycles. The Morgan fingerprint density at radius 1 is 1.53 bits per heavy atom. The van der Waals surface area contributed by atoms with Crippen molar-refractivity contribution in [3.8, 4) is 0 Å². The summed E-state index contributed by atoms with van der Waals surface area (Å²) in [5, 5.41) is 15.2. The molecule has 102 valence electrons. The second-order valence-electron chi connectivity index (χ2n) is 4.70. The summed E-state index contributed by atoms with van der Waals surface area (Å²) in [5.41, 5.74) is 0. The molecule has 1 fully saturated rings. The number of anilines is 2. The highest BCUT2D eigenvalue weighted by atomic mass is 16.4. The highest BCUT2D eigenvalue weighted by Crippen LogP contribution is 2.30. The average Bonchev–Trinajstić information content (AvgIpc) is 2.29. The third kappa shape index (κ3) is 3.43. The summed E-state index contributed by atoms with van der Waals surface area (Å²) in [7, 11) is 0. The molecule has 0 aromatic carbocycles. The van der Waals surface area contributed by atoms with Gasteiger partial charge in [-0.25, -0.2) is 9.97 Å². The fraction of sp³-hybridized carbons (Fsp3) is 0.462. The molecule has 6 nitrogen and oxygen atoms in total. The van der Waals surface area contributed by atoms with E-state index in [1.54, 1.807) is 6.08 Å². The van der Waals surface area contributed by atoms with E-state index in [1.807, 2.05) is 13.0 Å². The Morgan fingerprint density at radius 2 is 2.21 bits per heavy atom. The van der Waals surface area contributed by atoms with E-state index >= 15 is 0 Å². The van der Waals surface area contributed by atoms with Crippen molar-refractivity contribution in [2.75, 3.05) is 17.2 Å². The van der Waals surface area contributed by atoms with Crippen molar-refractivity contribution >= 4 is 17.6 Å². The highest BCUT2D eigenvalue weighted by Gasteiger charge is 2.34. The second kappa shape index (κ2) is 5.69. The standard InChI is InChI=1S/C13H18N4O2/c1-3-4-14-11-7-12(16-8(2)15-11)17-10-5-9(6-10)13(18)19/h3,7,9-10H,1,4-6H2,2H3,(H,18,19)(H2,14,15,16,17). The van der Waals surface area contributed by atoms with E-state index in [4.69, 9.17) is 5.11 Å². The maximum absolute atomic E-state index is 10.7. The third-order valence-corrected chi connectivity index (χ3v) is 3.10. The van der Waals surface area contributed by atoms with Crippen molar-refractivity contribution < 1.29 is 9.90 Å². The number of hydrogen-bond acceptors (Lipinski definition) is 5. The minimum atomic E-state index is -0.717. The Bertz CT molecular complexity index is 484. The lowest BCUT2D eigenvalue weighted by atomic mass is 9.80. The summed E-state index contributed by atoms with van der Waals surface area (Å²) in [6.07, 6.45) is 3.05. The molecule has 0 aliphatic heterocycles. The number of rotatable bonds is 6. The minimum Gasteiger partial charge on any atom is -0.481 e. The molecule has 2 rings (SSSR count). The Kier molecular flexibility index (Phi) is 3.99. The van der Waals surface area contributed by atoms with E-state index in [0.717, 1.165) is 11.6 Å². The number of nitrogens with one attached hydrogen (secondary N) is 2. The van der Waals surface area contributed by atoms with Crippen LogP contribution in [0.3, 0.4) is 0 Å². The first-order valence-electron chi connectivity index (χ1n) is 6.28. The molecule has 0 unspecified atom stereocenters. The van der Waals surface area contributed by atoms with Crippen molar-refractivity contribution in [1.29, 1.82) is 0 Å². The monoisotopic (exact) mass is 262 g/mol. The zero-order valence-corrected chi connectivity index (χ0v) is 10.9. The topological polar surface area (TPSA) is 87.1 Å². The first-order chi connectivity index (χ1) is 9.08. The van der Waals surface area contributed by atoms with Gasteiger partial charge in [0.15, 0.2) is 0 Å². The number of aliphatic carboxylic acids is 1. The molecule has 0 bridgehead atoms. The van der Waals surface area contributed by atoms with Gasteiger partial charge in [0.2, 0.25) is 0 Å². The van der Waals surface area contributed by atoms with Crippen molar-refractivity contribution in [1.82, 2.24) is 9.97 Å². The SMILES string of the molecule is C=CCNc1cc(NC2CC(C(=O)O)C2)nc(C)n1. The maximum Gasteiger partial charge on any atom is 0.306 e. The molecule has 0 radical (unpaired) electrons. The predicted octanol–water partition coefficient (Wildman–Crippen LogP) is 1.66. The van der Waals surface area contributed by atoms with Crippen molar-refractivity contribution in [3.05, 3.63) is 24.5 Å². The van der Waals surface area contributed by atoms with Crippen LogP contribution in [0.1, 0.15) is 18.7 Å². The van der Waals surface area contributed by atoms with E-state index in [-0.39, 0.29) is 12.0 Å². The summed E-state index contributed by atoms with van der Waals surface area (Å²) in [5.74, 6) is 1.20. The van der Waals surface area contributed by atoms with Gasteiger partial charge in [0.05, 0.1) is 5.92 Å². The van der Waals surface area contributed by atoms with Gasteiger partial charge >= 0.3 is 5.97 Å². The molecule has 1 aromatic rings. The first-order valence-corrected chi connectivity index (χ1v) is 6.28. The van der Waals surface area contributed by atoms with E-state index in [0.29, 0.717) is 25.2 Å². The number of nitrogens with zero attached hydrogens (tertiary/aromatic N) is 2. The van der Waals surface area contributed by atoms with E-state index in [2.05, 4.69) is 27.2 Å². The molecule has 6 heteroatoms. The largest absolute Gasteiger partial charge is 0.481 e. The van der Waals surface area contributed by atoms with Crippen LogP contribution < -0.4 is 10.6 Å². The van der Waals surface area contributed by atoms with Gasteiger partial charge in [-0.2, -0.15) is 0 Å². The van der Waals surface area contributed by atoms with Crippen LogP contribution in [0.4, 0.5) is 11.6 Å². The van der Waals surface area contributed by atoms with Gasteiger partial charge in [-0.1, -0.05) is 6.08 Å². The van der Waals surface area contributed by atoms with Gasteiger partial charge in [0.25, 0.3) is 0 Å². The van der Waals surface area contributed by atoms with E-state index in [9.17, 15) is 4.79 Å². The lowest BCUT2D eigenvalue weighted by Crippen LogP contribution is -2.39. The lowest BCUT2D eigenvalue weighted by Gasteiger charge is -2.33. The van der Waals surface area contributed by atoms with Gasteiger partial charge in [-0.05, 0) is 19.8 Å². The lowest BCUT2D eigenvalue weighted by molar-refractivity contribution is -0.144. The first kappa shape index (κ1) is 13.3. The van der Waals surface area contributed by atoms with Gasteiger partial charge < -0.3 is 15.7 Å². The normalized spacial score (nSPS) is 21.3. The molecule has 0 amide bonds. The second-order valence-corrected chi connectivity index (χ2v) is 4.70. The smallest absolute Gasteiger partial charge is 0.306 e. The Labute approximate surface area is 112 Å².